The zero-order valence-corrected chi connectivity index (χ0v) is 11.5. The molecule has 0 saturated heterocycles. The third-order valence-electron chi connectivity index (χ3n) is 2.47. The third-order valence-corrected chi connectivity index (χ3v) is 2.47. The molecule has 0 fully saturated rings. The third kappa shape index (κ3) is 8.01. The molecule has 0 aliphatic heterocycles. The molecule has 0 aliphatic rings. The smallest absolute Gasteiger partial charge is 0.411 e. The Morgan fingerprint density at radius 2 is 1.80 bits per heavy atom. The monoisotopic (exact) mass is 291 g/mol. The van der Waals surface area contributed by atoms with E-state index in [0.29, 0.717) is 18.8 Å². The first-order valence-electron chi connectivity index (χ1n) is 6.58. The van der Waals surface area contributed by atoms with E-state index < -0.39 is 12.8 Å². The van der Waals surface area contributed by atoms with E-state index in [4.69, 9.17) is 4.74 Å². The van der Waals surface area contributed by atoms with Crippen molar-refractivity contribution in [3.8, 4) is 5.75 Å². The van der Waals surface area contributed by atoms with E-state index >= 15 is 0 Å². The summed E-state index contributed by atoms with van der Waals surface area (Å²) in [5.74, 6) is 0.709. The van der Waals surface area contributed by atoms with Crippen molar-refractivity contribution in [2.45, 2.75) is 26.1 Å². The lowest BCUT2D eigenvalue weighted by Crippen LogP contribution is -2.18. The average molecular weight is 291 g/mol. The molecule has 20 heavy (non-hydrogen) atoms. The Kier molecular flexibility index (Phi) is 7.40. The fraction of sp³-hybridized carbons (Fsp3) is 0.571. The minimum Gasteiger partial charge on any atom is -0.494 e. The van der Waals surface area contributed by atoms with E-state index in [1.54, 1.807) is 0 Å². The first kappa shape index (κ1) is 16.8. The molecule has 0 saturated carbocycles. The van der Waals surface area contributed by atoms with Crippen LogP contribution in [0.5, 0.6) is 5.75 Å². The highest BCUT2D eigenvalue weighted by Crippen LogP contribution is 2.15. The second-order valence-corrected chi connectivity index (χ2v) is 4.29. The molecule has 0 amide bonds. The number of alkyl halides is 3. The van der Waals surface area contributed by atoms with Crippen molar-refractivity contribution < 1.29 is 22.6 Å². The van der Waals surface area contributed by atoms with Gasteiger partial charge in [-0.3, -0.25) is 0 Å². The van der Waals surface area contributed by atoms with Crippen molar-refractivity contribution in [2.24, 2.45) is 0 Å². The molecule has 1 aromatic carbocycles. The molecule has 1 N–H and O–H groups in total. The minimum atomic E-state index is -4.26. The zero-order chi connectivity index (χ0) is 14.8. The maximum absolute atomic E-state index is 11.8. The number of benzene rings is 1. The molecule has 0 unspecified atom stereocenters. The Hall–Kier alpha value is -1.27. The zero-order valence-electron chi connectivity index (χ0n) is 11.5. The SMILES string of the molecule is CCNCc1ccc(OCCCOCC(F)(F)F)cc1. The molecule has 0 aromatic heterocycles. The summed E-state index contributed by atoms with van der Waals surface area (Å²) in [6.45, 7) is 2.94. The quantitative estimate of drug-likeness (QED) is 0.709. The highest BCUT2D eigenvalue weighted by atomic mass is 19.4. The molecule has 114 valence electrons. The number of rotatable bonds is 9. The van der Waals surface area contributed by atoms with E-state index in [-0.39, 0.29) is 6.61 Å². The Balaban J connectivity index is 2.13. The van der Waals surface area contributed by atoms with Crippen molar-refractivity contribution in [3.05, 3.63) is 29.8 Å². The normalized spacial score (nSPS) is 11.6. The standard InChI is InChI=1S/C14H20F3NO2/c1-2-18-10-12-4-6-13(7-5-12)20-9-3-8-19-11-14(15,16)17/h4-7,18H,2-3,8-11H2,1H3. The predicted octanol–water partition coefficient (Wildman–Crippen LogP) is 3.14. The molecule has 0 atom stereocenters. The van der Waals surface area contributed by atoms with Gasteiger partial charge in [-0.1, -0.05) is 19.1 Å². The number of halogens is 3. The lowest BCUT2D eigenvalue weighted by molar-refractivity contribution is -0.174. The van der Waals surface area contributed by atoms with Crippen LogP contribution in [0.15, 0.2) is 24.3 Å². The van der Waals surface area contributed by atoms with Gasteiger partial charge >= 0.3 is 6.18 Å². The number of hydrogen-bond donors (Lipinski definition) is 1. The maximum atomic E-state index is 11.8. The van der Waals surface area contributed by atoms with Crippen LogP contribution in [0.2, 0.25) is 0 Å². The van der Waals surface area contributed by atoms with Gasteiger partial charge in [0.2, 0.25) is 0 Å². The van der Waals surface area contributed by atoms with Crippen LogP contribution >= 0.6 is 0 Å². The second-order valence-electron chi connectivity index (χ2n) is 4.29. The lowest BCUT2D eigenvalue weighted by atomic mass is 10.2. The van der Waals surface area contributed by atoms with Crippen molar-refractivity contribution >= 4 is 0 Å². The molecule has 1 aromatic rings. The van der Waals surface area contributed by atoms with E-state index in [1.807, 2.05) is 31.2 Å². The van der Waals surface area contributed by atoms with Crippen molar-refractivity contribution in [3.63, 3.8) is 0 Å². The van der Waals surface area contributed by atoms with Crippen LogP contribution in [0.4, 0.5) is 13.2 Å². The van der Waals surface area contributed by atoms with Crippen LogP contribution in [0.3, 0.4) is 0 Å². The average Bonchev–Trinajstić information content (AvgIpc) is 2.40. The first-order valence-corrected chi connectivity index (χ1v) is 6.58. The van der Waals surface area contributed by atoms with Gasteiger partial charge < -0.3 is 14.8 Å². The molecule has 0 spiro atoms. The molecule has 0 radical (unpaired) electrons. The van der Waals surface area contributed by atoms with Gasteiger partial charge in [0.15, 0.2) is 0 Å². The Morgan fingerprint density at radius 3 is 2.40 bits per heavy atom. The van der Waals surface area contributed by atoms with Gasteiger partial charge in [0.05, 0.1) is 13.2 Å². The Bertz CT molecular complexity index is 366. The van der Waals surface area contributed by atoms with E-state index in [2.05, 4.69) is 10.1 Å². The van der Waals surface area contributed by atoms with Crippen molar-refractivity contribution in [1.29, 1.82) is 0 Å². The summed E-state index contributed by atoms with van der Waals surface area (Å²) in [5.41, 5.74) is 1.16. The Labute approximate surface area is 117 Å². The highest BCUT2D eigenvalue weighted by Gasteiger charge is 2.27. The van der Waals surface area contributed by atoms with Crippen LogP contribution in [-0.4, -0.2) is 32.5 Å². The molecule has 0 bridgehead atoms. The summed E-state index contributed by atoms with van der Waals surface area (Å²) in [7, 11) is 0. The van der Waals surface area contributed by atoms with Crippen LogP contribution in [0.25, 0.3) is 0 Å². The summed E-state index contributed by atoms with van der Waals surface area (Å²) in [5, 5.41) is 3.21. The maximum Gasteiger partial charge on any atom is 0.411 e. The number of hydrogen-bond acceptors (Lipinski definition) is 3. The van der Waals surface area contributed by atoms with E-state index in [0.717, 1.165) is 18.7 Å². The van der Waals surface area contributed by atoms with Gasteiger partial charge in [-0.25, -0.2) is 0 Å². The van der Waals surface area contributed by atoms with Gasteiger partial charge in [-0.2, -0.15) is 13.2 Å². The molecule has 0 heterocycles. The summed E-state index contributed by atoms with van der Waals surface area (Å²) < 4.78 is 45.3. The van der Waals surface area contributed by atoms with Crippen LogP contribution in [0.1, 0.15) is 18.9 Å². The topological polar surface area (TPSA) is 30.5 Å². The van der Waals surface area contributed by atoms with Gasteiger partial charge in [0.1, 0.15) is 12.4 Å². The minimum absolute atomic E-state index is 0.0397. The van der Waals surface area contributed by atoms with Gasteiger partial charge in [0.25, 0.3) is 0 Å². The Morgan fingerprint density at radius 1 is 1.10 bits per heavy atom. The fourth-order valence-electron chi connectivity index (χ4n) is 1.51. The van der Waals surface area contributed by atoms with Crippen LogP contribution < -0.4 is 10.1 Å². The fourth-order valence-corrected chi connectivity index (χ4v) is 1.51. The summed E-state index contributed by atoms with van der Waals surface area (Å²) >= 11 is 0. The van der Waals surface area contributed by atoms with Crippen LogP contribution in [-0.2, 0) is 11.3 Å². The first-order chi connectivity index (χ1) is 9.51. The highest BCUT2D eigenvalue weighted by molar-refractivity contribution is 5.27. The molecular weight excluding hydrogens is 271 g/mol. The van der Waals surface area contributed by atoms with Gasteiger partial charge in [-0.15, -0.1) is 0 Å². The lowest BCUT2D eigenvalue weighted by Gasteiger charge is -2.09. The molecule has 6 heteroatoms. The predicted molar refractivity (Wildman–Crippen MR) is 70.8 cm³/mol. The van der Waals surface area contributed by atoms with Crippen molar-refractivity contribution in [2.75, 3.05) is 26.4 Å². The van der Waals surface area contributed by atoms with Crippen LogP contribution in [0, 0.1) is 0 Å². The summed E-state index contributed by atoms with van der Waals surface area (Å²) in [6.07, 6.45) is -3.83. The number of ether oxygens (including phenoxy) is 2. The van der Waals surface area contributed by atoms with Gasteiger partial charge in [0, 0.05) is 13.0 Å². The van der Waals surface area contributed by atoms with Gasteiger partial charge in [-0.05, 0) is 24.2 Å². The van der Waals surface area contributed by atoms with E-state index in [9.17, 15) is 13.2 Å². The summed E-state index contributed by atoms with van der Waals surface area (Å²) in [4.78, 5) is 0. The van der Waals surface area contributed by atoms with Crippen molar-refractivity contribution in [1.82, 2.24) is 5.32 Å². The van der Waals surface area contributed by atoms with E-state index in [1.165, 1.54) is 0 Å². The summed E-state index contributed by atoms with van der Waals surface area (Å²) in [6, 6.07) is 7.61. The second kappa shape index (κ2) is 8.81. The molecule has 0 aliphatic carbocycles. The molecule has 3 nitrogen and oxygen atoms in total. The molecule has 1 rings (SSSR count). The number of nitrogens with one attached hydrogen (secondary N) is 1. The molecular formula is C14H20F3NO2. The largest absolute Gasteiger partial charge is 0.494 e.